The van der Waals surface area contributed by atoms with Crippen LogP contribution in [0.1, 0.15) is 12.1 Å². The minimum atomic E-state index is -2.60. The standard InChI is InChI=1S/C7H8F2N2O/c1-12-6-2-5(7(8)9)11-3-4(6)10/h2-3,7H,10H2,1H3. The smallest absolute Gasteiger partial charge is 0.280 e. The normalized spacial score (nSPS) is 10.3. The Balaban J connectivity index is 3.05. The van der Waals surface area contributed by atoms with Gasteiger partial charge in [-0.1, -0.05) is 0 Å². The minimum Gasteiger partial charge on any atom is -0.494 e. The highest BCUT2D eigenvalue weighted by molar-refractivity contribution is 5.51. The van der Waals surface area contributed by atoms with Crippen molar-refractivity contribution in [2.24, 2.45) is 0 Å². The van der Waals surface area contributed by atoms with E-state index in [9.17, 15) is 8.78 Å². The fourth-order valence-corrected chi connectivity index (χ4v) is 0.759. The molecule has 1 aromatic heterocycles. The summed E-state index contributed by atoms with van der Waals surface area (Å²) in [6.45, 7) is 0. The summed E-state index contributed by atoms with van der Waals surface area (Å²) in [5, 5.41) is 0. The molecule has 0 atom stereocenters. The SMILES string of the molecule is COc1cc(C(F)F)ncc1N. The van der Waals surface area contributed by atoms with Crippen molar-refractivity contribution in [2.75, 3.05) is 12.8 Å². The number of rotatable bonds is 2. The van der Waals surface area contributed by atoms with E-state index in [1.165, 1.54) is 7.11 Å². The molecule has 0 aliphatic heterocycles. The molecule has 0 saturated heterocycles. The van der Waals surface area contributed by atoms with Crippen LogP contribution < -0.4 is 10.5 Å². The van der Waals surface area contributed by atoms with Crippen LogP contribution in [0.25, 0.3) is 0 Å². The maximum atomic E-state index is 12.1. The fourth-order valence-electron chi connectivity index (χ4n) is 0.759. The van der Waals surface area contributed by atoms with Gasteiger partial charge in [0.05, 0.1) is 19.0 Å². The van der Waals surface area contributed by atoms with Gasteiger partial charge in [-0.25, -0.2) is 8.78 Å². The Morgan fingerprint density at radius 3 is 2.75 bits per heavy atom. The van der Waals surface area contributed by atoms with Gasteiger partial charge in [-0.15, -0.1) is 0 Å². The van der Waals surface area contributed by atoms with E-state index in [-0.39, 0.29) is 17.1 Å². The number of ether oxygens (including phenoxy) is 1. The number of halogens is 2. The van der Waals surface area contributed by atoms with Crippen molar-refractivity contribution in [3.05, 3.63) is 18.0 Å². The Morgan fingerprint density at radius 2 is 2.25 bits per heavy atom. The number of nitrogens with zero attached hydrogens (tertiary/aromatic N) is 1. The van der Waals surface area contributed by atoms with E-state index in [0.717, 1.165) is 12.3 Å². The Bertz CT molecular complexity index is 278. The van der Waals surface area contributed by atoms with Gasteiger partial charge in [0.2, 0.25) is 0 Å². The third-order valence-corrected chi connectivity index (χ3v) is 1.36. The summed E-state index contributed by atoms with van der Waals surface area (Å²) in [7, 11) is 1.36. The van der Waals surface area contributed by atoms with Gasteiger partial charge in [-0.2, -0.15) is 0 Å². The molecule has 0 spiro atoms. The molecule has 0 amide bonds. The number of pyridine rings is 1. The van der Waals surface area contributed by atoms with E-state index in [4.69, 9.17) is 10.5 Å². The van der Waals surface area contributed by atoms with Gasteiger partial charge in [0, 0.05) is 6.07 Å². The Labute approximate surface area is 68.2 Å². The van der Waals surface area contributed by atoms with Crippen LogP contribution in [0.15, 0.2) is 12.3 Å². The number of hydrogen-bond donors (Lipinski definition) is 1. The van der Waals surface area contributed by atoms with Crippen molar-refractivity contribution in [3.8, 4) is 5.75 Å². The zero-order valence-electron chi connectivity index (χ0n) is 6.42. The van der Waals surface area contributed by atoms with Crippen LogP contribution in [0.2, 0.25) is 0 Å². The fraction of sp³-hybridized carbons (Fsp3) is 0.286. The quantitative estimate of drug-likeness (QED) is 0.740. The zero-order valence-corrected chi connectivity index (χ0v) is 6.42. The second kappa shape index (κ2) is 3.34. The molecule has 5 heteroatoms. The molecule has 1 aromatic rings. The number of alkyl halides is 2. The molecule has 1 heterocycles. The number of nitrogen functional groups attached to an aromatic ring is 1. The van der Waals surface area contributed by atoms with Gasteiger partial charge in [-0.05, 0) is 0 Å². The lowest BCUT2D eigenvalue weighted by molar-refractivity contribution is 0.145. The first-order valence-electron chi connectivity index (χ1n) is 3.22. The predicted molar refractivity (Wildman–Crippen MR) is 40.2 cm³/mol. The first-order valence-corrected chi connectivity index (χ1v) is 3.22. The molecule has 0 aliphatic carbocycles. The van der Waals surface area contributed by atoms with Crippen LogP contribution in [0.5, 0.6) is 5.75 Å². The lowest BCUT2D eigenvalue weighted by Gasteiger charge is -2.05. The third-order valence-electron chi connectivity index (χ3n) is 1.36. The van der Waals surface area contributed by atoms with Gasteiger partial charge in [0.15, 0.2) is 0 Å². The molecular formula is C7H8F2N2O. The lowest BCUT2D eigenvalue weighted by atomic mass is 10.3. The molecule has 0 radical (unpaired) electrons. The maximum absolute atomic E-state index is 12.1. The van der Waals surface area contributed by atoms with Gasteiger partial charge in [0.1, 0.15) is 11.4 Å². The Hall–Kier alpha value is -1.39. The summed E-state index contributed by atoms with van der Waals surface area (Å²) in [6, 6.07) is 1.12. The second-order valence-electron chi connectivity index (χ2n) is 2.15. The Kier molecular flexibility index (Phi) is 2.42. The molecule has 2 N–H and O–H groups in total. The summed E-state index contributed by atoms with van der Waals surface area (Å²) in [5.41, 5.74) is 5.29. The van der Waals surface area contributed by atoms with Gasteiger partial charge < -0.3 is 10.5 Å². The van der Waals surface area contributed by atoms with E-state index in [1.54, 1.807) is 0 Å². The van der Waals surface area contributed by atoms with Crippen LogP contribution in [-0.4, -0.2) is 12.1 Å². The summed E-state index contributed by atoms with van der Waals surface area (Å²) in [4.78, 5) is 3.43. The Morgan fingerprint density at radius 1 is 1.58 bits per heavy atom. The lowest BCUT2D eigenvalue weighted by Crippen LogP contribution is -1.97. The molecule has 3 nitrogen and oxygen atoms in total. The van der Waals surface area contributed by atoms with Crippen LogP contribution in [0.3, 0.4) is 0 Å². The maximum Gasteiger partial charge on any atom is 0.280 e. The molecule has 0 bridgehead atoms. The van der Waals surface area contributed by atoms with Crippen molar-refractivity contribution in [1.29, 1.82) is 0 Å². The van der Waals surface area contributed by atoms with Crippen molar-refractivity contribution in [3.63, 3.8) is 0 Å². The number of methoxy groups -OCH3 is 1. The van der Waals surface area contributed by atoms with Gasteiger partial charge in [0.25, 0.3) is 6.43 Å². The summed E-state index contributed by atoms with van der Waals surface area (Å²) in [5.74, 6) is 0.223. The average Bonchev–Trinajstić information content (AvgIpc) is 2.05. The molecule has 0 fully saturated rings. The summed E-state index contributed by atoms with van der Waals surface area (Å²) >= 11 is 0. The van der Waals surface area contributed by atoms with E-state index in [2.05, 4.69) is 4.98 Å². The molecule has 0 saturated carbocycles. The third kappa shape index (κ3) is 1.61. The predicted octanol–water partition coefficient (Wildman–Crippen LogP) is 1.61. The van der Waals surface area contributed by atoms with E-state index < -0.39 is 6.43 Å². The first-order chi connectivity index (χ1) is 5.65. The van der Waals surface area contributed by atoms with Gasteiger partial charge in [-0.3, -0.25) is 4.98 Å². The van der Waals surface area contributed by atoms with Crippen molar-refractivity contribution >= 4 is 5.69 Å². The van der Waals surface area contributed by atoms with E-state index >= 15 is 0 Å². The molecular weight excluding hydrogens is 166 g/mol. The number of anilines is 1. The van der Waals surface area contributed by atoms with Gasteiger partial charge >= 0.3 is 0 Å². The van der Waals surface area contributed by atoms with Crippen molar-refractivity contribution < 1.29 is 13.5 Å². The first kappa shape index (κ1) is 8.70. The minimum absolute atomic E-state index is 0.223. The zero-order chi connectivity index (χ0) is 9.14. The van der Waals surface area contributed by atoms with Crippen molar-refractivity contribution in [2.45, 2.75) is 6.43 Å². The van der Waals surface area contributed by atoms with Crippen molar-refractivity contribution in [1.82, 2.24) is 4.98 Å². The van der Waals surface area contributed by atoms with Crippen LogP contribution in [0, 0.1) is 0 Å². The molecule has 12 heavy (non-hydrogen) atoms. The monoisotopic (exact) mass is 174 g/mol. The summed E-state index contributed by atoms with van der Waals surface area (Å²) < 4.78 is 28.8. The van der Waals surface area contributed by atoms with Crippen LogP contribution in [-0.2, 0) is 0 Å². The number of nitrogens with two attached hydrogens (primary N) is 1. The highest BCUT2D eigenvalue weighted by Crippen LogP contribution is 2.25. The highest BCUT2D eigenvalue weighted by atomic mass is 19.3. The number of hydrogen-bond acceptors (Lipinski definition) is 3. The number of aromatic nitrogens is 1. The second-order valence-corrected chi connectivity index (χ2v) is 2.15. The topological polar surface area (TPSA) is 48.1 Å². The van der Waals surface area contributed by atoms with Crippen LogP contribution in [0.4, 0.5) is 14.5 Å². The van der Waals surface area contributed by atoms with E-state index in [0.29, 0.717) is 0 Å². The molecule has 0 aliphatic rings. The summed E-state index contributed by atoms with van der Waals surface area (Å²) in [6.07, 6.45) is -1.44. The molecule has 0 unspecified atom stereocenters. The largest absolute Gasteiger partial charge is 0.494 e. The average molecular weight is 174 g/mol. The molecule has 1 rings (SSSR count). The highest BCUT2D eigenvalue weighted by Gasteiger charge is 2.10. The van der Waals surface area contributed by atoms with E-state index in [1.807, 2.05) is 0 Å². The van der Waals surface area contributed by atoms with Crippen LogP contribution >= 0.6 is 0 Å². The molecule has 66 valence electrons. The molecule has 0 aromatic carbocycles.